The first-order valence-corrected chi connectivity index (χ1v) is 11.4. The van der Waals surface area contributed by atoms with Crippen LogP contribution in [0.15, 0.2) is 48.5 Å². The maximum Gasteiger partial charge on any atom is 0.410 e. The summed E-state index contributed by atoms with van der Waals surface area (Å²) in [4.78, 5) is 44.5. The lowest BCUT2D eigenvalue weighted by molar-refractivity contribution is -0.143. The van der Waals surface area contributed by atoms with Gasteiger partial charge in [-0.2, -0.15) is 0 Å². The summed E-state index contributed by atoms with van der Waals surface area (Å²) in [6.07, 6.45) is -0.541. The molecule has 2 aromatic carbocycles. The summed E-state index contributed by atoms with van der Waals surface area (Å²) in [5, 5.41) is 9.54. The van der Waals surface area contributed by atoms with Crippen molar-refractivity contribution in [3.05, 3.63) is 59.7 Å². The predicted molar refractivity (Wildman–Crippen MR) is 108 cm³/mol. The monoisotopic (exact) mass is 431 g/mol. The van der Waals surface area contributed by atoms with Crippen molar-refractivity contribution in [3.8, 4) is 11.1 Å². The molecule has 2 unspecified atom stereocenters. The zero-order chi connectivity index (χ0) is 21.5. The Balaban J connectivity index is 1.55. The van der Waals surface area contributed by atoms with Crippen LogP contribution in [0.25, 0.3) is 11.1 Å². The number of hydrogen-bond donors (Lipinski definition) is 3. The molecule has 0 saturated carbocycles. The minimum Gasteiger partial charge on any atom is -0.480 e. The van der Waals surface area contributed by atoms with Crippen LogP contribution in [0.4, 0.5) is 4.79 Å². The molecule has 1 amide bonds. The van der Waals surface area contributed by atoms with Gasteiger partial charge in [0, 0.05) is 12.5 Å². The Morgan fingerprint density at radius 3 is 2.13 bits per heavy atom. The molecule has 1 fully saturated rings. The average molecular weight is 431 g/mol. The molecule has 4 rings (SSSR count). The molecule has 1 aliphatic heterocycles. The molecular weight excluding hydrogens is 409 g/mol. The van der Waals surface area contributed by atoms with E-state index in [-0.39, 0.29) is 25.5 Å². The van der Waals surface area contributed by atoms with E-state index < -0.39 is 31.4 Å². The average Bonchev–Trinajstić information content (AvgIpc) is 3.04. The Morgan fingerprint density at radius 1 is 1.03 bits per heavy atom. The van der Waals surface area contributed by atoms with Crippen LogP contribution in [-0.2, 0) is 14.1 Å². The highest BCUT2D eigenvalue weighted by Crippen LogP contribution is 2.48. The maximum absolute atomic E-state index is 12.8. The number of aliphatic carboxylic acids is 1. The number of carbonyl (C=O) groups excluding carboxylic acids is 1. The first-order valence-electron chi connectivity index (χ1n) is 9.68. The van der Waals surface area contributed by atoms with Gasteiger partial charge in [0.25, 0.3) is 0 Å². The molecule has 30 heavy (non-hydrogen) atoms. The Labute approximate surface area is 173 Å². The molecule has 3 N–H and O–H groups in total. The number of likely N-dealkylation sites (tertiary alicyclic amines) is 1. The van der Waals surface area contributed by atoms with Gasteiger partial charge in [0.05, 0.1) is 5.66 Å². The van der Waals surface area contributed by atoms with Crippen molar-refractivity contribution in [2.45, 2.75) is 30.5 Å². The highest BCUT2D eigenvalue weighted by molar-refractivity contribution is 7.52. The van der Waals surface area contributed by atoms with Crippen LogP contribution < -0.4 is 0 Å². The van der Waals surface area contributed by atoms with Crippen molar-refractivity contribution < 1.29 is 33.8 Å². The number of carboxylic acids is 1. The number of carboxylic acid groups (broad SMARTS) is 1. The molecule has 1 heterocycles. The molecule has 2 aromatic rings. The summed E-state index contributed by atoms with van der Waals surface area (Å²) < 4.78 is 17.3. The Bertz CT molecular complexity index is 988. The van der Waals surface area contributed by atoms with Crippen LogP contribution in [-0.4, -0.2) is 56.7 Å². The molecule has 158 valence electrons. The second-order valence-electron chi connectivity index (χ2n) is 7.58. The Kier molecular flexibility index (Phi) is 5.40. The molecule has 1 saturated heterocycles. The highest BCUT2D eigenvalue weighted by Gasteiger charge is 2.48. The van der Waals surface area contributed by atoms with Crippen LogP contribution in [0.3, 0.4) is 0 Å². The van der Waals surface area contributed by atoms with Gasteiger partial charge in [0.1, 0.15) is 12.6 Å². The third kappa shape index (κ3) is 3.62. The van der Waals surface area contributed by atoms with E-state index in [0.29, 0.717) is 6.42 Å². The fourth-order valence-corrected chi connectivity index (χ4v) is 5.68. The summed E-state index contributed by atoms with van der Waals surface area (Å²) in [5.41, 5.74) is 2.74. The summed E-state index contributed by atoms with van der Waals surface area (Å²) >= 11 is 0. The topological polar surface area (TPSA) is 124 Å². The van der Waals surface area contributed by atoms with E-state index >= 15 is 0 Å². The fourth-order valence-electron chi connectivity index (χ4n) is 4.51. The predicted octanol–water partition coefficient (Wildman–Crippen LogP) is 3.03. The number of amides is 1. The van der Waals surface area contributed by atoms with Crippen molar-refractivity contribution >= 4 is 19.7 Å². The van der Waals surface area contributed by atoms with Crippen LogP contribution >= 0.6 is 7.60 Å². The van der Waals surface area contributed by atoms with E-state index in [1.54, 1.807) is 0 Å². The van der Waals surface area contributed by atoms with E-state index in [0.717, 1.165) is 27.2 Å². The molecule has 0 radical (unpaired) electrons. The standard InChI is InChI=1S/C21H22NO7P/c23-20(24)19-18(30(26,27)28)10-5-11-22(19)21(25)29-12-17-15-8-3-1-6-13(15)14-7-2-4-9-16(14)17/h1-4,6-9,17-19H,5,10-12H2,(H,23,24)(H2,26,27,28). The molecule has 1 aliphatic carbocycles. The normalized spacial score (nSPS) is 21.1. The van der Waals surface area contributed by atoms with Crippen molar-refractivity contribution in [3.63, 3.8) is 0 Å². The number of piperidine rings is 1. The summed E-state index contributed by atoms with van der Waals surface area (Å²) in [6.45, 7) is 0.0837. The van der Waals surface area contributed by atoms with Crippen LogP contribution in [0.2, 0.25) is 0 Å². The third-order valence-electron chi connectivity index (χ3n) is 5.85. The zero-order valence-electron chi connectivity index (χ0n) is 16.0. The number of ether oxygens (including phenoxy) is 1. The number of benzene rings is 2. The number of rotatable bonds is 4. The molecule has 2 atom stereocenters. The van der Waals surface area contributed by atoms with Gasteiger partial charge < -0.3 is 19.6 Å². The van der Waals surface area contributed by atoms with Gasteiger partial charge in [-0.15, -0.1) is 0 Å². The SMILES string of the molecule is O=C(O)C1C(P(=O)(O)O)CCCN1C(=O)OCC1c2ccccc2-c2ccccc21. The van der Waals surface area contributed by atoms with Gasteiger partial charge in [-0.1, -0.05) is 48.5 Å². The van der Waals surface area contributed by atoms with Crippen molar-refractivity contribution in [1.82, 2.24) is 4.90 Å². The maximum atomic E-state index is 12.8. The number of carbonyl (C=O) groups is 2. The van der Waals surface area contributed by atoms with Gasteiger partial charge >= 0.3 is 19.7 Å². The van der Waals surface area contributed by atoms with Crippen molar-refractivity contribution in [2.75, 3.05) is 13.2 Å². The van der Waals surface area contributed by atoms with Gasteiger partial charge in [0.15, 0.2) is 0 Å². The first-order chi connectivity index (χ1) is 14.3. The molecule has 0 bridgehead atoms. The lowest BCUT2D eigenvalue weighted by atomic mass is 9.98. The minimum atomic E-state index is -4.69. The summed E-state index contributed by atoms with van der Waals surface area (Å²) in [7, 11) is -4.69. The van der Waals surface area contributed by atoms with E-state index in [4.69, 9.17) is 4.74 Å². The molecule has 8 nitrogen and oxygen atoms in total. The van der Waals surface area contributed by atoms with E-state index in [1.165, 1.54) is 0 Å². The van der Waals surface area contributed by atoms with E-state index in [9.17, 15) is 29.0 Å². The lowest BCUT2D eigenvalue weighted by Crippen LogP contribution is -2.55. The lowest BCUT2D eigenvalue weighted by Gasteiger charge is -2.38. The number of nitrogens with zero attached hydrogens (tertiary/aromatic N) is 1. The Hall–Kier alpha value is -2.67. The second kappa shape index (κ2) is 7.87. The van der Waals surface area contributed by atoms with Gasteiger partial charge in [0.2, 0.25) is 0 Å². The fraction of sp³-hybridized carbons (Fsp3) is 0.333. The van der Waals surface area contributed by atoms with Gasteiger partial charge in [-0.25, -0.2) is 9.59 Å². The molecular formula is C21H22NO7P. The largest absolute Gasteiger partial charge is 0.480 e. The van der Waals surface area contributed by atoms with Gasteiger partial charge in [-0.05, 0) is 35.1 Å². The quantitative estimate of drug-likeness (QED) is 0.636. The van der Waals surface area contributed by atoms with Crippen molar-refractivity contribution in [1.29, 1.82) is 0 Å². The van der Waals surface area contributed by atoms with Crippen LogP contribution in [0.1, 0.15) is 29.9 Å². The van der Waals surface area contributed by atoms with E-state index in [1.807, 2.05) is 48.5 Å². The Morgan fingerprint density at radius 2 is 1.60 bits per heavy atom. The molecule has 0 aromatic heterocycles. The minimum absolute atomic E-state index is 0.0102. The van der Waals surface area contributed by atoms with Gasteiger partial charge in [-0.3, -0.25) is 9.46 Å². The zero-order valence-corrected chi connectivity index (χ0v) is 16.9. The summed E-state index contributed by atoms with van der Waals surface area (Å²) in [5.74, 6) is -1.64. The molecule has 2 aliphatic rings. The van der Waals surface area contributed by atoms with Crippen LogP contribution in [0, 0.1) is 0 Å². The van der Waals surface area contributed by atoms with Crippen molar-refractivity contribution in [2.24, 2.45) is 0 Å². The second-order valence-corrected chi connectivity index (χ2v) is 9.42. The number of fused-ring (bicyclic) bond motifs is 3. The first kappa shape index (κ1) is 20.6. The molecule has 0 spiro atoms. The summed E-state index contributed by atoms with van der Waals surface area (Å²) in [6, 6.07) is 14.0. The molecule has 9 heteroatoms. The van der Waals surface area contributed by atoms with Crippen LogP contribution in [0.5, 0.6) is 0 Å². The smallest absolute Gasteiger partial charge is 0.410 e. The third-order valence-corrected chi connectivity index (χ3v) is 7.26. The highest BCUT2D eigenvalue weighted by atomic mass is 31.2. The number of hydrogen-bond acceptors (Lipinski definition) is 4. The van der Waals surface area contributed by atoms with E-state index in [2.05, 4.69) is 0 Å².